The van der Waals surface area contributed by atoms with Gasteiger partial charge in [0.2, 0.25) is 11.8 Å². The van der Waals surface area contributed by atoms with E-state index in [4.69, 9.17) is 0 Å². The van der Waals surface area contributed by atoms with E-state index in [1.165, 1.54) is 0 Å². The molecule has 1 aromatic heterocycles. The van der Waals surface area contributed by atoms with Crippen molar-refractivity contribution in [1.82, 2.24) is 20.5 Å². The van der Waals surface area contributed by atoms with Crippen LogP contribution in [-0.2, 0) is 9.59 Å². The van der Waals surface area contributed by atoms with Crippen LogP contribution in [0.1, 0.15) is 47.6 Å². The van der Waals surface area contributed by atoms with Gasteiger partial charge in [-0.25, -0.2) is 0 Å². The molecule has 0 saturated carbocycles. The van der Waals surface area contributed by atoms with Gasteiger partial charge in [0, 0.05) is 30.4 Å². The maximum atomic E-state index is 13.2. The smallest absolute Gasteiger partial charge is 0.251 e. The average Bonchev–Trinajstić information content (AvgIpc) is 3.29. The quantitative estimate of drug-likeness (QED) is 0.591. The summed E-state index contributed by atoms with van der Waals surface area (Å²) in [6, 6.07) is 16.6. The maximum Gasteiger partial charge on any atom is 0.251 e. The number of amides is 3. The van der Waals surface area contributed by atoms with Crippen molar-refractivity contribution < 1.29 is 14.4 Å². The lowest BCUT2D eigenvalue weighted by Crippen LogP contribution is -2.44. The fraction of sp³-hybridized carbons (Fsp3) is 0.320. The molecule has 3 aromatic rings. The molecule has 3 amide bonds. The van der Waals surface area contributed by atoms with Crippen molar-refractivity contribution >= 4 is 28.6 Å². The Morgan fingerprint density at radius 3 is 2.72 bits per heavy atom. The molecule has 166 valence electrons. The summed E-state index contributed by atoms with van der Waals surface area (Å²) in [5.41, 5.74) is 2.28. The van der Waals surface area contributed by atoms with E-state index >= 15 is 0 Å². The number of aromatic amines is 1. The average molecular weight is 433 g/mol. The van der Waals surface area contributed by atoms with E-state index in [2.05, 4.69) is 15.6 Å². The largest absolute Gasteiger partial charge is 0.361 e. The summed E-state index contributed by atoms with van der Waals surface area (Å²) in [7, 11) is 0. The highest BCUT2D eigenvalue weighted by Gasteiger charge is 2.28. The molecule has 32 heavy (non-hydrogen) atoms. The van der Waals surface area contributed by atoms with Crippen LogP contribution >= 0.6 is 0 Å². The molecule has 2 aromatic carbocycles. The van der Waals surface area contributed by atoms with Gasteiger partial charge in [0.05, 0.1) is 19.0 Å². The first-order valence-corrected chi connectivity index (χ1v) is 11.1. The Morgan fingerprint density at radius 1 is 1.03 bits per heavy atom. The second-order valence-corrected chi connectivity index (χ2v) is 8.09. The molecule has 1 unspecified atom stereocenters. The van der Waals surface area contributed by atoms with Crippen LogP contribution in [0.4, 0.5) is 0 Å². The van der Waals surface area contributed by atoms with Crippen molar-refractivity contribution in [2.45, 2.75) is 31.7 Å². The zero-order valence-electron chi connectivity index (χ0n) is 18.0. The highest BCUT2D eigenvalue weighted by atomic mass is 16.2. The van der Waals surface area contributed by atoms with Crippen LogP contribution < -0.4 is 10.6 Å². The number of carbonyl (C=O) groups is 3. The van der Waals surface area contributed by atoms with E-state index in [1.807, 2.05) is 48.7 Å². The zero-order valence-corrected chi connectivity index (χ0v) is 18.0. The third-order valence-corrected chi connectivity index (χ3v) is 5.88. The molecule has 3 N–H and O–H groups in total. The first kappa shape index (κ1) is 21.6. The first-order valence-electron chi connectivity index (χ1n) is 11.1. The molecule has 1 fully saturated rings. The van der Waals surface area contributed by atoms with Gasteiger partial charge in [0.1, 0.15) is 0 Å². The van der Waals surface area contributed by atoms with Crippen LogP contribution in [0.3, 0.4) is 0 Å². The van der Waals surface area contributed by atoms with Gasteiger partial charge in [-0.3, -0.25) is 14.4 Å². The van der Waals surface area contributed by atoms with Crippen molar-refractivity contribution in [3.05, 3.63) is 71.9 Å². The summed E-state index contributed by atoms with van der Waals surface area (Å²) in [5, 5.41) is 6.72. The molecule has 1 aliphatic heterocycles. The van der Waals surface area contributed by atoms with Gasteiger partial charge in [0.15, 0.2) is 0 Å². The van der Waals surface area contributed by atoms with Crippen molar-refractivity contribution in [1.29, 1.82) is 0 Å². The van der Waals surface area contributed by atoms with Crippen molar-refractivity contribution in [3.63, 3.8) is 0 Å². The topological polar surface area (TPSA) is 94.3 Å². The Bertz CT molecular complexity index is 1090. The SMILES string of the molecule is O=C1CC(c2ccccc2)N(C(=O)CNC(=O)c2ccc3cc[nH]c3c2)CCCCCN1. The number of hydrogen-bond donors (Lipinski definition) is 3. The third kappa shape index (κ3) is 5.17. The predicted octanol–water partition coefficient (Wildman–Crippen LogP) is 3.16. The van der Waals surface area contributed by atoms with Crippen molar-refractivity contribution in [2.75, 3.05) is 19.6 Å². The number of hydrogen-bond acceptors (Lipinski definition) is 3. The lowest BCUT2D eigenvalue weighted by atomic mass is 10.00. The van der Waals surface area contributed by atoms with E-state index in [1.54, 1.807) is 17.0 Å². The number of fused-ring (bicyclic) bond motifs is 1. The van der Waals surface area contributed by atoms with Crippen LogP contribution in [0.5, 0.6) is 0 Å². The van der Waals surface area contributed by atoms with Crippen molar-refractivity contribution in [2.24, 2.45) is 0 Å². The summed E-state index contributed by atoms with van der Waals surface area (Å²) in [4.78, 5) is 43.2. The summed E-state index contributed by atoms with van der Waals surface area (Å²) in [5.74, 6) is -0.562. The highest BCUT2D eigenvalue weighted by molar-refractivity contribution is 5.99. The van der Waals surface area contributed by atoms with Gasteiger partial charge in [0.25, 0.3) is 5.91 Å². The normalized spacial score (nSPS) is 17.6. The molecular weight excluding hydrogens is 404 g/mol. The van der Waals surface area contributed by atoms with E-state index in [9.17, 15) is 14.4 Å². The monoisotopic (exact) mass is 432 g/mol. The number of nitrogens with one attached hydrogen (secondary N) is 3. The molecular formula is C25H28N4O3. The summed E-state index contributed by atoms with van der Waals surface area (Å²) in [6.45, 7) is 1.10. The Kier molecular flexibility index (Phi) is 6.84. The molecule has 0 spiro atoms. The van der Waals surface area contributed by atoms with E-state index < -0.39 is 0 Å². The fourth-order valence-corrected chi connectivity index (χ4v) is 4.15. The Labute approximate surface area is 187 Å². The minimum atomic E-state index is -0.367. The number of carbonyl (C=O) groups excluding carboxylic acids is 3. The van der Waals surface area contributed by atoms with Gasteiger partial charge in [-0.15, -0.1) is 0 Å². The number of nitrogens with zero attached hydrogens (tertiary/aromatic N) is 1. The number of benzene rings is 2. The van der Waals surface area contributed by atoms with Crippen LogP contribution in [0.2, 0.25) is 0 Å². The highest BCUT2D eigenvalue weighted by Crippen LogP contribution is 2.26. The van der Waals surface area contributed by atoms with Crippen LogP contribution in [0.25, 0.3) is 10.9 Å². The minimum absolute atomic E-state index is 0.0677. The predicted molar refractivity (Wildman–Crippen MR) is 123 cm³/mol. The number of H-pyrrole nitrogens is 1. The van der Waals surface area contributed by atoms with Crippen LogP contribution in [0.15, 0.2) is 60.8 Å². The lowest BCUT2D eigenvalue weighted by Gasteiger charge is -2.33. The van der Waals surface area contributed by atoms with Gasteiger partial charge < -0.3 is 20.5 Å². The molecule has 1 saturated heterocycles. The molecule has 0 aliphatic carbocycles. The Hall–Kier alpha value is -3.61. The van der Waals surface area contributed by atoms with Crippen molar-refractivity contribution in [3.8, 4) is 0 Å². The van der Waals surface area contributed by atoms with E-state index in [-0.39, 0.29) is 36.7 Å². The molecule has 2 heterocycles. The van der Waals surface area contributed by atoms with E-state index in [0.29, 0.717) is 18.7 Å². The summed E-state index contributed by atoms with van der Waals surface area (Å²) in [6.07, 6.45) is 4.69. The van der Waals surface area contributed by atoms with E-state index in [0.717, 1.165) is 35.7 Å². The summed E-state index contributed by atoms with van der Waals surface area (Å²) >= 11 is 0. The molecule has 1 atom stereocenters. The molecule has 7 nitrogen and oxygen atoms in total. The summed E-state index contributed by atoms with van der Waals surface area (Å²) < 4.78 is 0. The Morgan fingerprint density at radius 2 is 1.88 bits per heavy atom. The molecule has 7 heteroatoms. The first-order chi connectivity index (χ1) is 15.6. The molecule has 0 bridgehead atoms. The molecule has 0 radical (unpaired) electrons. The molecule has 1 aliphatic rings. The third-order valence-electron chi connectivity index (χ3n) is 5.88. The zero-order chi connectivity index (χ0) is 22.3. The van der Waals surface area contributed by atoms with Gasteiger partial charge >= 0.3 is 0 Å². The molecule has 4 rings (SSSR count). The second kappa shape index (κ2) is 10.1. The van der Waals surface area contributed by atoms with Crippen LogP contribution in [-0.4, -0.2) is 47.2 Å². The second-order valence-electron chi connectivity index (χ2n) is 8.09. The lowest BCUT2D eigenvalue weighted by molar-refractivity contribution is -0.134. The van der Waals surface area contributed by atoms with Gasteiger partial charge in [-0.1, -0.05) is 36.4 Å². The fourth-order valence-electron chi connectivity index (χ4n) is 4.15. The Balaban J connectivity index is 1.49. The standard InChI is InChI=1S/C25H28N4O3/c30-23-16-22(19-7-3-1-4-8-19)29(14-6-2-5-12-27-23)24(31)17-28-25(32)20-10-9-18-11-13-26-21(18)15-20/h1,3-4,7-11,13,15,22,26H,2,5-6,12,14,16-17H2,(H,27,30)(H,28,32). The van der Waals surface area contributed by atoms with Crippen LogP contribution in [0, 0.1) is 0 Å². The number of rotatable bonds is 4. The van der Waals surface area contributed by atoms with Gasteiger partial charge in [-0.2, -0.15) is 0 Å². The number of aromatic nitrogens is 1. The van der Waals surface area contributed by atoms with Gasteiger partial charge in [-0.05, 0) is 48.4 Å². The maximum absolute atomic E-state index is 13.2. The minimum Gasteiger partial charge on any atom is -0.361 e.